The first-order valence-electron chi connectivity index (χ1n) is 6.45. The van der Waals surface area contributed by atoms with Crippen LogP contribution in [0.1, 0.15) is 11.1 Å². The van der Waals surface area contributed by atoms with E-state index in [2.05, 4.69) is 0 Å². The van der Waals surface area contributed by atoms with Crippen molar-refractivity contribution >= 4 is 29.0 Å². The molecule has 1 saturated heterocycles. The van der Waals surface area contributed by atoms with Crippen LogP contribution in [0.5, 0.6) is 5.75 Å². The van der Waals surface area contributed by atoms with Crippen LogP contribution in [0.3, 0.4) is 0 Å². The molecule has 1 aliphatic rings. The van der Waals surface area contributed by atoms with Crippen LogP contribution in [0.4, 0.5) is 0 Å². The predicted octanol–water partition coefficient (Wildman–Crippen LogP) is 0.130. The molecule has 0 atom stereocenters. The normalized spacial score (nSPS) is 15.3. The van der Waals surface area contributed by atoms with Gasteiger partial charge in [-0.2, -0.15) is 0 Å². The first kappa shape index (κ1) is 15.2. The number of hydrogen-bond donors (Lipinski definition) is 1. The van der Waals surface area contributed by atoms with Crippen molar-refractivity contribution in [1.82, 2.24) is 9.80 Å². The second-order valence-corrected chi connectivity index (χ2v) is 5.29. The number of thiocarbonyl (C=S) groups is 1. The highest BCUT2D eigenvalue weighted by Crippen LogP contribution is 2.21. The molecule has 7 heteroatoms. The number of ether oxygens (including phenoxy) is 1. The highest BCUT2D eigenvalue weighted by Gasteiger charge is 2.30. The molecule has 0 spiro atoms. The number of carbonyl (C=O) groups is 2. The van der Waals surface area contributed by atoms with Crippen molar-refractivity contribution < 1.29 is 14.3 Å². The van der Waals surface area contributed by atoms with E-state index in [1.54, 1.807) is 26.3 Å². The number of amides is 2. The summed E-state index contributed by atoms with van der Waals surface area (Å²) in [6.07, 6.45) is 0. The first-order chi connectivity index (χ1) is 9.93. The third kappa shape index (κ3) is 3.13. The molecule has 6 nitrogen and oxygen atoms in total. The van der Waals surface area contributed by atoms with E-state index in [1.807, 2.05) is 6.07 Å². The van der Waals surface area contributed by atoms with E-state index >= 15 is 0 Å². The highest BCUT2D eigenvalue weighted by molar-refractivity contribution is 7.80. The van der Waals surface area contributed by atoms with Gasteiger partial charge in [-0.25, -0.2) is 0 Å². The van der Waals surface area contributed by atoms with E-state index in [0.29, 0.717) is 30.9 Å². The van der Waals surface area contributed by atoms with Crippen molar-refractivity contribution in [3.05, 3.63) is 29.3 Å². The Morgan fingerprint density at radius 3 is 2.67 bits per heavy atom. The Morgan fingerprint density at radius 2 is 2.05 bits per heavy atom. The zero-order chi connectivity index (χ0) is 15.6. The molecule has 1 heterocycles. The van der Waals surface area contributed by atoms with E-state index in [0.717, 1.165) is 5.56 Å². The molecule has 0 saturated carbocycles. The Labute approximate surface area is 128 Å². The minimum absolute atomic E-state index is 0.231. The summed E-state index contributed by atoms with van der Waals surface area (Å²) >= 11 is 4.99. The minimum atomic E-state index is -0.489. The molecule has 1 aromatic rings. The Balaban J connectivity index is 2.20. The van der Waals surface area contributed by atoms with Gasteiger partial charge in [-0.1, -0.05) is 18.3 Å². The summed E-state index contributed by atoms with van der Waals surface area (Å²) in [5.74, 6) is -0.382. The second kappa shape index (κ2) is 6.09. The van der Waals surface area contributed by atoms with Crippen LogP contribution in [0.25, 0.3) is 0 Å². The van der Waals surface area contributed by atoms with Crippen LogP contribution < -0.4 is 10.5 Å². The average Bonchev–Trinajstić information content (AvgIpc) is 2.47. The number of piperazine rings is 1. The number of hydrogen-bond acceptors (Lipinski definition) is 4. The van der Waals surface area contributed by atoms with Crippen molar-refractivity contribution in [3.8, 4) is 5.75 Å². The van der Waals surface area contributed by atoms with Gasteiger partial charge in [-0.05, 0) is 17.7 Å². The van der Waals surface area contributed by atoms with Gasteiger partial charge in [-0.15, -0.1) is 0 Å². The summed E-state index contributed by atoms with van der Waals surface area (Å²) in [4.78, 5) is 26.8. The topological polar surface area (TPSA) is 75.9 Å². The number of carbonyl (C=O) groups excluding carboxylic acids is 2. The first-order valence-corrected chi connectivity index (χ1v) is 6.86. The van der Waals surface area contributed by atoms with Gasteiger partial charge in [0.15, 0.2) is 0 Å². The highest BCUT2D eigenvalue weighted by atomic mass is 32.1. The van der Waals surface area contributed by atoms with Gasteiger partial charge in [0.25, 0.3) is 0 Å². The van der Waals surface area contributed by atoms with Gasteiger partial charge in [0.2, 0.25) is 0 Å². The smallest absolute Gasteiger partial charge is 0.312 e. The molecule has 2 N–H and O–H groups in total. The monoisotopic (exact) mass is 307 g/mol. The largest absolute Gasteiger partial charge is 0.496 e. The number of methoxy groups -OCH3 is 1. The van der Waals surface area contributed by atoms with Crippen LogP contribution in [0.2, 0.25) is 0 Å². The molecule has 112 valence electrons. The molecule has 1 fully saturated rings. The Morgan fingerprint density at radius 1 is 1.33 bits per heavy atom. The molecule has 0 aliphatic carbocycles. The number of nitrogens with zero attached hydrogens (tertiary/aromatic N) is 2. The van der Waals surface area contributed by atoms with Crippen LogP contribution in [0, 0.1) is 0 Å². The molecule has 0 aromatic heterocycles. The molecule has 0 bridgehead atoms. The zero-order valence-electron chi connectivity index (χ0n) is 12.0. The fourth-order valence-corrected chi connectivity index (χ4v) is 2.35. The second-order valence-electron chi connectivity index (χ2n) is 4.85. The Hall–Kier alpha value is -2.15. The summed E-state index contributed by atoms with van der Waals surface area (Å²) in [5, 5.41) is 0. The SMILES string of the molecule is COc1ccc(CN2CCN(C)C(=O)C2=O)cc1C(N)=S. The van der Waals surface area contributed by atoms with E-state index < -0.39 is 11.8 Å². The lowest BCUT2D eigenvalue weighted by Gasteiger charge is -2.31. The Bertz CT molecular complexity index is 603. The average molecular weight is 307 g/mol. The minimum Gasteiger partial charge on any atom is -0.496 e. The van der Waals surface area contributed by atoms with Gasteiger partial charge in [-0.3, -0.25) is 9.59 Å². The van der Waals surface area contributed by atoms with Gasteiger partial charge >= 0.3 is 11.8 Å². The lowest BCUT2D eigenvalue weighted by molar-refractivity contribution is -0.155. The van der Waals surface area contributed by atoms with Gasteiger partial charge in [0.05, 0.1) is 12.7 Å². The van der Waals surface area contributed by atoms with E-state index in [9.17, 15) is 9.59 Å². The number of nitrogens with two attached hydrogens (primary N) is 1. The number of benzene rings is 1. The molecular formula is C14H17N3O3S. The fourth-order valence-electron chi connectivity index (χ4n) is 2.19. The predicted molar refractivity (Wildman–Crippen MR) is 81.9 cm³/mol. The van der Waals surface area contributed by atoms with E-state index in [-0.39, 0.29) is 4.99 Å². The third-order valence-corrected chi connectivity index (χ3v) is 3.64. The third-order valence-electron chi connectivity index (χ3n) is 3.42. The summed E-state index contributed by atoms with van der Waals surface area (Å²) in [6, 6.07) is 5.38. The quantitative estimate of drug-likeness (QED) is 0.632. The molecule has 0 radical (unpaired) electrons. The van der Waals surface area contributed by atoms with Crippen LogP contribution in [-0.2, 0) is 16.1 Å². The summed E-state index contributed by atoms with van der Waals surface area (Å²) in [7, 11) is 3.16. The molecular weight excluding hydrogens is 290 g/mol. The van der Waals surface area contributed by atoms with E-state index in [4.69, 9.17) is 22.7 Å². The van der Waals surface area contributed by atoms with E-state index in [1.165, 1.54) is 9.80 Å². The maximum absolute atomic E-state index is 11.9. The number of rotatable bonds is 4. The molecule has 0 unspecified atom stereocenters. The molecule has 2 amide bonds. The van der Waals surface area contributed by atoms with Gasteiger partial charge in [0, 0.05) is 26.7 Å². The summed E-state index contributed by atoms with van der Waals surface area (Å²) in [6.45, 7) is 1.39. The van der Waals surface area contributed by atoms with Crippen molar-refractivity contribution in [2.24, 2.45) is 5.73 Å². The zero-order valence-corrected chi connectivity index (χ0v) is 12.8. The maximum atomic E-state index is 11.9. The lowest BCUT2D eigenvalue weighted by atomic mass is 10.1. The standard InChI is InChI=1S/C14H17N3O3S/c1-16-5-6-17(14(19)13(16)18)8-9-3-4-11(20-2)10(7-9)12(15)21/h3-4,7H,5-6,8H2,1-2H3,(H2,15,21). The van der Waals surface area contributed by atoms with Gasteiger partial charge < -0.3 is 20.3 Å². The fraction of sp³-hybridized carbons (Fsp3) is 0.357. The van der Waals surface area contributed by atoms with Crippen molar-refractivity contribution in [2.75, 3.05) is 27.2 Å². The summed E-state index contributed by atoms with van der Waals surface area (Å²) in [5.41, 5.74) is 7.14. The molecule has 2 rings (SSSR count). The van der Waals surface area contributed by atoms with Crippen molar-refractivity contribution in [2.45, 2.75) is 6.54 Å². The van der Waals surface area contributed by atoms with Crippen LogP contribution >= 0.6 is 12.2 Å². The summed E-state index contributed by atoms with van der Waals surface area (Å²) < 4.78 is 5.20. The van der Waals surface area contributed by atoms with Crippen molar-refractivity contribution in [1.29, 1.82) is 0 Å². The molecule has 1 aliphatic heterocycles. The molecule has 1 aromatic carbocycles. The lowest BCUT2D eigenvalue weighted by Crippen LogP contribution is -2.52. The van der Waals surface area contributed by atoms with Crippen molar-refractivity contribution in [3.63, 3.8) is 0 Å². The number of likely N-dealkylation sites (N-methyl/N-ethyl adjacent to an activating group) is 1. The Kier molecular flexibility index (Phi) is 4.42. The molecule has 21 heavy (non-hydrogen) atoms. The van der Waals surface area contributed by atoms with Crippen LogP contribution in [0.15, 0.2) is 18.2 Å². The van der Waals surface area contributed by atoms with Gasteiger partial charge in [0.1, 0.15) is 10.7 Å². The van der Waals surface area contributed by atoms with Crippen LogP contribution in [-0.4, -0.2) is 53.8 Å². The maximum Gasteiger partial charge on any atom is 0.312 e.